The third-order valence-electron chi connectivity index (χ3n) is 3.36. The summed E-state index contributed by atoms with van der Waals surface area (Å²) in [6, 6.07) is 0. The van der Waals surface area contributed by atoms with Gasteiger partial charge in [-0.3, -0.25) is 4.98 Å². The summed E-state index contributed by atoms with van der Waals surface area (Å²) < 4.78 is 0. The van der Waals surface area contributed by atoms with Crippen molar-refractivity contribution in [3.05, 3.63) is 17.6 Å². The second-order valence-corrected chi connectivity index (χ2v) is 4.93. The fourth-order valence-corrected chi connectivity index (χ4v) is 2.54. The molecule has 1 aliphatic heterocycles. The third kappa shape index (κ3) is 2.94. The molecule has 0 aromatic carbocycles. The van der Waals surface area contributed by atoms with E-state index in [0.29, 0.717) is 0 Å². The highest BCUT2D eigenvalue weighted by Gasteiger charge is 2.21. The van der Waals surface area contributed by atoms with Crippen LogP contribution in [0.3, 0.4) is 0 Å². The Hall–Kier alpha value is -1.16. The molecule has 1 atom stereocenters. The van der Waals surface area contributed by atoms with Crippen LogP contribution in [0, 0.1) is 19.8 Å². The van der Waals surface area contributed by atoms with Crippen LogP contribution in [0.2, 0.25) is 0 Å². The predicted octanol–water partition coefficient (Wildman–Crippen LogP) is 1.53. The van der Waals surface area contributed by atoms with E-state index in [9.17, 15) is 0 Å². The molecule has 1 aromatic rings. The molecule has 1 fully saturated rings. The predicted molar refractivity (Wildman–Crippen MR) is 70.4 cm³/mol. The van der Waals surface area contributed by atoms with E-state index >= 15 is 0 Å². The van der Waals surface area contributed by atoms with E-state index in [1.807, 2.05) is 27.1 Å². The molecule has 0 radical (unpaired) electrons. The number of aryl methyl sites for hydroxylation is 2. The Morgan fingerprint density at radius 2 is 2.29 bits per heavy atom. The van der Waals surface area contributed by atoms with E-state index < -0.39 is 0 Å². The molecule has 0 saturated carbocycles. The first-order valence-corrected chi connectivity index (χ1v) is 6.40. The van der Waals surface area contributed by atoms with E-state index in [-0.39, 0.29) is 0 Å². The van der Waals surface area contributed by atoms with Crippen LogP contribution in [-0.4, -0.2) is 36.6 Å². The van der Waals surface area contributed by atoms with Crippen LogP contribution < -0.4 is 10.2 Å². The summed E-state index contributed by atoms with van der Waals surface area (Å²) in [6.45, 7) is 7.35. The van der Waals surface area contributed by atoms with Gasteiger partial charge in [0.15, 0.2) is 0 Å². The highest BCUT2D eigenvalue weighted by molar-refractivity contribution is 5.43. The summed E-state index contributed by atoms with van der Waals surface area (Å²) in [4.78, 5) is 11.4. The number of nitrogens with zero attached hydrogens (tertiary/aromatic N) is 3. The Bertz CT molecular complexity index is 376. The highest BCUT2D eigenvalue weighted by atomic mass is 15.2. The van der Waals surface area contributed by atoms with E-state index in [2.05, 4.69) is 20.2 Å². The van der Waals surface area contributed by atoms with Crippen LogP contribution in [0.4, 0.5) is 5.82 Å². The number of rotatable bonds is 3. The summed E-state index contributed by atoms with van der Waals surface area (Å²) in [6.07, 6.45) is 4.41. The van der Waals surface area contributed by atoms with Crippen LogP contribution in [0.5, 0.6) is 0 Å². The zero-order valence-corrected chi connectivity index (χ0v) is 11.0. The Labute approximate surface area is 103 Å². The maximum Gasteiger partial charge on any atom is 0.150 e. The quantitative estimate of drug-likeness (QED) is 0.861. The van der Waals surface area contributed by atoms with Crippen molar-refractivity contribution >= 4 is 5.82 Å². The van der Waals surface area contributed by atoms with Crippen molar-refractivity contribution in [2.75, 3.05) is 31.6 Å². The number of hydrogen-bond donors (Lipinski definition) is 1. The van der Waals surface area contributed by atoms with Gasteiger partial charge in [-0.2, -0.15) is 0 Å². The zero-order valence-electron chi connectivity index (χ0n) is 11.0. The monoisotopic (exact) mass is 234 g/mol. The van der Waals surface area contributed by atoms with Crippen LogP contribution in [0.15, 0.2) is 6.20 Å². The maximum atomic E-state index is 4.63. The third-order valence-corrected chi connectivity index (χ3v) is 3.36. The largest absolute Gasteiger partial charge is 0.355 e. The lowest BCUT2D eigenvalue weighted by Gasteiger charge is -2.34. The average molecular weight is 234 g/mol. The summed E-state index contributed by atoms with van der Waals surface area (Å²) in [5, 5.41) is 3.27. The summed E-state index contributed by atoms with van der Waals surface area (Å²) >= 11 is 0. The second kappa shape index (κ2) is 5.45. The lowest BCUT2D eigenvalue weighted by molar-refractivity contribution is 0.400. The molecule has 2 rings (SSSR count). The van der Waals surface area contributed by atoms with E-state index in [0.717, 1.165) is 42.8 Å². The first-order chi connectivity index (χ1) is 8.20. The Morgan fingerprint density at radius 1 is 1.47 bits per heavy atom. The van der Waals surface area contributed by atoms with Gasteiger partial charge in [-0.25, -0.2) is 4.98 Å². The van der Waals surface area contributed by atoms with Crippen molar-refractivity contribution in [1.29, 1.82) is 0 Å². The maximum absolute atomic E-state index is 4.63. The van der Waals surface area contributed by atoms with Crippen molar-refractivity contribution in [3.8, 4) is 0 Å². The lowest BCUT2D eigenvalue weighted by atomic mass is 9.98. The number of anilines is 1. The molecule has 1 aliphatic rings. The van der Waals surface area contributed by atoms with Crippen LogP contribution in [0.1, 0.15) is 24.2 Å². The van der Waals surface area contributed by atoms with Crippen LogP contribution in [0.25, 0.3) is 0 Å². The molecule has 1 unspecified atom stereocenters. The minimum Gasteiger partial charge on any atom is -0.355 e. The fourth-order valence-electron chi connectivity index (χ4n) is 2.54. The van der Waals surface area contributed by atoms with Gasteiger partial charge in [-0.05, 0) is 46.2 Å². The molecule has 0 amide bonds. The number of hydrogen-bond acceptors (Lipinski definition) is 4. The molecule has 0 bridgehead atoms. The zero-order chi connectivity index (χ0) is 12.3. The van der Waals surface area contributed by atoms with Gasteiger partial charge >= 0.3 is 0 Å². The molecule has 1 saturated heterocycles. The molecule has 94 valence electrons. The minimum absolute atomic E-state index is 0.732. The number of aromatic nitrogens is 2. The van der Waals surface area contributed by atoms with Crippen molar-refractivity contribution < 1.29 is 0 Å². The van der Waals surface area contributed by atoms with Crippen molar-refractivity contribution in [3.63, 3.8) is 0 Å². The molecular formula is C13H22N4. The summed E-state index contributed by atoms with van der Waals surface area (Å²) in [7, 11) is 2.02. The van der Waals surface area contributed by atoms with Gasteiger partial charge in [-0.15, -0.1) is 0 Å². The first kappa shape index (κ1) is 12.3. The van der Waals surface area contributed by atoms with Gasteiger partial charge < -0.3 is 10.2 Å². The number of nitrogens with one attached hydrogen (secondary N) is 1. The average Bonchev–Trinajstić information content (AvgIpc) is 2.33. The van der Waals surface area contributed by atoms with Crippen molar-refractivity contribution in [2.24, 2.45) is 5.92 Å². The van der Waals surface area contributed by atoms with E-state index in [1.54, 1.807) is 0 Å². The van der Waals surface area contributed by atoms with Gasteiger partial charge in [-0.1, -0.05) is 0 Å². The summed E-state index contributed by atoms with van der Waals surface area (Å²) in [5.74, 6) is 1.81. The molecule has 4 heteroatoms. The standard InChI is InChI=1S/C13H22N4/c1-10-7-15-11(2)13(16-10)17-6-4-5-12(9-17)8-14-3/h7,12,14H,4-6,8-9H2,1-3H3. The molecule has 0 spiro atoms. The van der Waals surface area contributed by atoms with Crippen LogP contribution in [-0.2, 0) is 0 Å². The second-order valence-electron chi connectivity index (χ2n) is 4.93. The van der Waals surface area contributed by atoms with Crippen molar-refractivity contribution in [1.82, 2.24) is 15.3 Å². The van der Waals surface area contributed by atoms with E-state index in [1.165, 1.54) is 12.8 Å². The van der Waals surface area contributed by atoms with Gasteiger partial charge in [0.1, 0.15) is 5.82 Å². The van der Waals surface area contributed by atoms with E-state index in [4.69, 9.17) is 0 Å². The molecule has 0 aliphatic carbocycles. The number of piperidine rings is 1. The molecule has 2 heterocycles. The Kier molecular flexibility index (Phi) is 3.94. The molecule has 17 heavy (non-hydrogen) atoms. The molecule has 1 aromatic heterocycles. The smallest absolute Gasteiger partial charge is 0.150 e. The molecule has 4 nitrogen and oxygen atoms in total. The van der Waals surface area contributed by atoms with Crippen molar-refractivity contribution in [2.45, 2.75) is 26.7 Å². The Morgan fingerprint density at radius 3 is 3.06 bits per heavy atom. The first-order valence-electron chi connectivity index (χ1n) is 6.40. The minimum atomic E-state index is 0.732. The Balaban J connectivity index is 2.13. The molecular weight excluding hydrogens is 212 g/mol. The van der Waals surface area contributed by atoms with Gasteiger partial charge in [0, 0.05) is 19.3 Å². The molecule has 1 N–H and O–H groups in total. The van der Waals surface area contributed by atoms with Crippen LogP contribution >= 0.6 is 0 Å². The van der Waals surface area contributed by atoms with Gasteiger partial charge in [0.05, 0.1) is 11.4 Å². The highest BCUT2D eigenvalue weighted by Crippen LogP contribution is 2.23. The van der Waals surface area contributed by atoms with Gasteiger partial charge in [0.2, 0.25) is 0 Å². The normalized spacial score (nSPS) is 20.6. The van der Waals surface area contributed by atoms with Gasteiger partial charge in [0.25, 0.3) is 0 Å². The SMILES string of the molecule is CNCC1CCCN(c2nc(C)cnc2C)C1. The lowest BCUT2D eigenvalue weighted by Crippen LogP contribution is -2.40. The summed E-state index contributed by atoms with van der Waals surface area (Å²) in [5.41, 5.74) is 2.04. The topological polar surface area (TPSA) is 41.0 Å². The fraction of sp³-hybridized carbons (Fsp3) is 0.692.